The van der Waals surface area contributed by atoms with Gasteiger partial charge in [0.15, 0.2) is 0 Å². The van der Waals surface area contributed by atoms with E-state index in [9.17, 15) is 0 Å². The Bertz CT molecular complexity index is 179. The van der Waals surface area contributed by atoms with Crippen LogP contribution in [0.5, 0.6) is 0 Å². The third-order valence-corrected chi connectivity index (χ3v) is 4.43. The van der Waals surface area contributed by atoms with Crippen LogP contribution in [0.15, 0.2) is 0 Å². The summed E-state index contributed by atoms with van der Waals surface area (Å²) >= 11 is 0. The highest BCUT2D eigenvalue weighted by Gasteiger charge is 2.46. The minimum absolute atomic E-state index is 0.485. The van der Waals surface area contributed by atoms with Gasteiger partial charge in [-0.3, -0.25) is 0 Å². The van der Waals surface area contributed by atoms with E-state index in [1.54, 1.807) is 9.80 Å². The molecule has 4 atom stereocenters. The number of piperidine rings is 1. The van der Waals surface area contributed by atoms with Gasteiger partial charge < -0.3 is 9.80 Å². The van der Waals surface area contributed by atoms with Crippen molar-refractivity contribution in [2.24, 2.45) is 5.92 Å². The van der Waals surface area contributed by atoms with Crippen molar-refractivity contribution < 1.29 is 9.80 Å². The molecular formula is C11H26N2+2. The molecule has 0 aliphatic carbocycles. The van der Waals surface area contributed by atoms with Crippen LogP contribution in [0.4, 0.5) is 0 Å². The van der Waals surface area contributed by atoms with Crippen LogP contribution in [0.25, 0.3) is 0 Å². The van der Waals surface area contributed by atoms with E-state index in [1.807, 2.05) is 0 Å². The van der Waals surface area contributed by atoms with Crippen molar-refractivity contribution in [2.75, 3.05) is 27.7 Å². The monoisotopic (exact) mass is 186 g/mol. The average molecular weight is 186 g/mol. The SMILES string of the molecule is CC1CC(C)([NH+](C)C)C(C)C[NH+]1C. The van der Waals surface area contributed by atoms with E-state index >= 15 is 0 Å². The lowest BCUT2D eigenvalue weighted by Crippen LogP contribution is -3.23. The Labute approximate surface area is 82.9 Å². The smallest absolute Gasteiger partial charge is 0.108 e. The molecule has 1 rings (SSSR count). The van der Waals surface area contributed by atoms with Gasteiger partial charge in [-0.1, -0.05) is 6.92 Å². The van der Waals surface area contributed by atoms with Crippen LogP contribution in [0, 0.1) is 5.92 Å². The Morgan fingerprint density at radius 2 is 1.85 bits per heavy atom. The maximum atomic E-state index is 2.44. The molecule has 4 unspecified atom stereocenters. The van der Waals surface area contributed by atoms with Crippen LogP contribution in [0.3, 0.4) is 0 Å². The highest BCUT2D eigenvalue weighted by molar-refractivity contribution is 4.83. The first-order valence-corrected chi connectivity index (χ1v) is 5.51. The normalized spacial score (nSPS) is 46.8. The molecule has 2 N–H and O–H groups in total. The third-order valence-electron chi connectivity index (χ3n) is 4.43. The van der Waals surface area contributed by atoms with Gasteiger partial charge in [0.05, 0.1) is 46.1 Å². The Morgan fingerprint density at radius 1 is 1.31 bits per heavy atom. The highest BCUT2D eigenvalue weighted by Crippen LogP contribution is 2.20. The average Bonchev–Trinajstić information content (AvgIpc) is 2.01. The molecule has 0 aromatic rings. The maximum Gasteiger partial charge on any atom is 0.108 e. The van der Waals surface area contributed by atoms with Crippen LogP contribution in [-0.2, 0) is 0 Å². The summed E-state index contributed by atoms with van der Waals surface area (Å²) in [6.07, 6.45) is 1.35. The molecule has 1 heterocycles. The second kappa shape index (κ2) is 3.58. The van der Waals surface area contributed by atoms with Gasteiger partial charge in [-0.05, 0) is 13.8 Å². The largest absolute Gasteiger partial charge is 0.335 e. The van der Waals surface area contributed by atoms with E-state index in [-0.39, 0.29) is 0 Å². The number of quaternary nitrogens is 2. The lowest BCUT2D eigenvalue weighted by Gasteiger charge is -2.45. The summed E-state index contributed by atoms with van der Waals surface area (Å²) in [4.78, 5) is 3.31. The minimum atomic E-state index is 0.485. The summed E-state index contributed by atoms with van der Waals surface area (Å²) in [5, 5.41) is 0. The van der Waals surface area contributed by atoms with Crippen molar-refractivity contribution in [2.45, 2.75) is 38.8 Å². The van der Waals surface area contributed by atoms with Crippen molar-refractivity contribution in [1.29, 1.82) is 0 Å². The van der Waals surface area contributed by atoms with Crippen molar-refractivity contribution in [3.63, 3.8) is 0 Å². The predicted molar refractivity (Wildman–Crippen MR) is 56.2 cm³/mol. The van der Waals surface area contributed by atoms with Crippen molar-refractivity contribution >= 4 is 0 Å². The molecule has 1 aliphatic heterocycles. The van der Waals surface area contributed by atoms with Crippen molar-refractivity contribution in [3.8, 4) is 0 Å². The highest BCUT2D eigenvalue weighted by atomic mass is 15.2. The summed E-state index contributed by atoms with van der Waals surface area (Å²) in [5.74, 6) is 0.827. The molecule has 2 heteroatoms. The van der Waals surface area contributed by atoms with E-state index in [2.05, 4.69) is 41.9 Å². The maximum absolute atomic E-state index is 2.44. The van der Waals surface area contributed by atoms with E-state index < -0.39 is 0 Å². The first kappa shape index (κ1) is 11.0. The zero-order valence-electron chi connectivity index (χ0n) is 10.1. The summed E-state index contributed by atoms with van der Waals surface area (Å²) in [6.45, 7) is 8.55. The second-order valence-electron chi connectivity index (χ2n) is 5.47. The number of nitrogens with one attached hydrogen (secondary N) is 2. The fraction of sp³-hybridized carbons (Fsp3) is 1.00. The van der Waals surface area contributed by atoms with E-state index in [0.29, 0.717) is 5.54 Å². The van der Waals surface area contributed by atoms with Crippen LogP contribution in [-0.4, -0.2) is 39.3 Å². The summed E-state index contributed by atoms with van der Waals surface area (Å²) in [6, 6.07) is 0.816. The topological polar surface area (TPSA) is 8.88 Å². The molecule has 1 saturated heterocycles. The van der Waals surface area contributed by atoms with Gasteiger partial charge in [0.1, 0.15) is 5.54 Å². The molecule has 0 amide bonds. The fourth-order valence-corrected chi connectivity index (χ4v) is 2.62. The molecule has 0 aromatic heterocycles. The lowest BCUT2D eigenvalue weighted by molar-refractivity contribution is -0.966. The molecule has 78 valence electrons. The molecule has 0 bridgehead atoms. The molecule has 1 fully saturated rings. The Kier molecular flexibility index (Phi) is 3.03. The summed E-state index contributed by atoms with van der Waals surface area (Å²) < 4.78 is 0. The standard InChI is InChI=1S/C11H24N2/c1-9-8-13(6)10(2)7-11(9,3)12(4)5/h9-10H,7-8H2,1-6H3/p+2. The van der Waals surface area contributed by atoms with E-state index in [0.717, 1.165) is 12.0 Å². The Balaban J connectivity index is 2.76. The molecule has 0 radical (unpaired) electrons. The van der Waals surface area contributed by atoms with E-state index in [4.69, 9.17) is 0 Å². The van der Waals surface area contributed by atoms with Crippen LogP contribution in [0.1, 0.15) is 27.2 Å². The van der Waals surface area contributed by atoms with Gasteiger partial charge >= 0.3 is 0 Å². The van der Waals surface area contributed by atoms with Gasteiger partial charge in [-0.2, -0.15) is 0 Å². The van der Waals surface area contributed by atoms with Gasteiger partial charge in [0, 0.05) is 0 Å². The Morgan fingerprint density at radius 3 is 2.31 bits per heavy atom. The molecule has 2 nitrogen and oxygen atoms in total. The first-order valence-electron chi connectivity index (χ1n) is 5.51. The molecular weight excluding hydrogens is 160 g/mol. The quantitative estimate of drug-likeness (QED) is 0.511. The van der Waals surface area contributed by atoms with Gasteiger partial charge in [0.2, 0.25) is 0 Å². The van der Waals surface area contributed by atoms with Crippen molar-refractivity contribution in [1.82, 2.24) is 0 Å². The molecule has 0 aromatic carbocycles. The molecule has 13 heavy (non-hydrogen) atoms. The summed E-state index contributed by atoms with van der Waals surface area (Å²) in [5.41, 5.74) is 0.485. The van der Waals surface area contributed by atoms with Gasteiger partial charge in [-0.15, -0.1) is 0 Å². The van der Waals surface area contributed by atoms with E-state index in [1.165, 1.54) is 13.0 Å². The van der Waals surface area contributed by atoms with Crippen molar-refractivity contribution in [3.05, 3.63) is 0 Å². The number of hydrogen-bond acceptors (Lipinski definition) is 0. The zero-order valence-corrected chi connectivity index (χ0v) is 10.1. The van der Waals surface area contributed by atoms with Gasteiger partial charge in [0.25, 0.3) is 0 Å². The first-order chi connectivity index (χ1) is 5.88. The predicted octanol–water partition coefficient (Wildman–Crippen LogP) is -1.17. The number of likely N-dealkylation sites (tertiary alicyclic amines) is 1. The van der Waals surface area contributed by atoms with Crippen LogP contribution in [0.2, 0.25) is 0 Å². The number of hydrogen-bond donors (Lipinski definition) is 2. The molecule has 1 aliphatic rings. The van der Waals surface area contributed by atoms with Crippen LogP contribution >= 0.6 is 0 Å². The molecule has 0 saturated carbocycles. The number of rotatable bonds is 1. The minimum Gasteiger partial charge on any atom is -0.335 e. The Hall–Kier alpha value is -0.0800. The molecule has 0 spiro atoms. The van der Waals surface area contributed by atoms with Gasteiger partial charge in [-0.25, -0.2) is 0 Å². The lowest BCUT2D eigenvalue weighted by atomic mass is 9.77. The third kappa shape index (κ3) is 1.89. The summed E-state index contributed by atoms with van der Waals surface area (Å²) in [7, 11) is 6.92. The second-order valence-corrected chi connectivity index (χ2v) is 5.47. The zero-order chi connectivity index (χ0) is 10.2. The van der Waals surface area contributed by atoms with Crippen LogP contribution < -0.4 is 9.80 Å². The fourth-order valence-electron chi connectivity index (χ4n) is 2.62.